The van der Waals surface area contributed by atoms with Crippen LogP contribution in [0.3, 0.4) is 0 Å². The van der Waals surface area contributed by atoms with E-state index >= 15 is 0 Å². The van der Waals surface area contributed by atoms with Crippen LogP contribution in [0.25, 0.3) is 0 Å². The molecule has 0 saturated heterocycles. The first-order valence-electron chi connectivity index (χ1n) is 4.87. The summed E-state index contributed by atoms with van der Waals surface area (Å²) in [6, 6.07) is 0. The maximum Gasteiger partial charge on any atom is 0.139 e. The lowest BCUT2D eigenvalue weighted by Gasteiger charge is -2.31. The topological polar surface area (TPSA) is 17.1 Å². The second-order valence-corrected chi connectivity index (χ2v) is 4.12. The summed E-state index contributed by atoms with van der Waals surface area (Å²) in [6.45, 7) is 0. The molecule has 2 aliphatic carbocycles. The van der Waals surface area contributed by atoms with E-state index in [0.717, 1.165) is 6.42 Å². The Labute approximate surface area is 105 Å². The Morgan fingerprint density at radius 2 is 1.29 bits per heavy atom. The summed E-state index contributed by atoms with van der Waals surface area (Å²) in [6.07, 6.45) is 9.59. The number of hydrogen-bond donors (Lipinski definition) is 0. The van der Waals surface area contributed by atoms with Gasteiger partial charge in [-0.15, -0.1) is 37.2 Å². The third-order valence-corrected chi connectivity index (χ3v) is 3.46. The second-order valence-electron chi connectivity index (χ2n) is 4.12. The van der Waals surface area contributed by atoms with Gasteiger partial charge in [0.1, 0.15) is 5.78 Å². The summed E-state index contributed by atoms with van der Waals surface area (Å²) in [5.41, 5.74) is 0.193. The van der Waals surface area contributed by atoms with Gasteiger partial charge in [-0.2, -0.15) is 0 Å². The second kappa shape index (κ2) is 6.92. The van der Waals surface area contributed by atoms with Gasteiger partial charge >= 0.3 is 0 Å². The first kappa shape index (κ1) is 17.0. The molecule has 2 fully saturated rings. The van der Waals surface area contributed by atoms with E-state index in [0.29, 0.717) is 5.78 Å². The zero-order chi connectivity index (χ0) is 7.73. The molecule has 0 aliphatic heterocycles. The Hall–Kier alpha value is 0.540. The molecule has 86 valence electrons. The number of ketones is 1. The Kier molecular flexibility index (Phi) is 8.38. The molecule has 0 bridgehead atoms. The van der Waals surface area contributed by atoms with Crippen LogP contribution in [0.5, 0.6) is 0 Å². The minimum Gasteiger partial charge on any atom is -0.299 e. The van der Waals surface area contributed by atoms with Crippen LogP contribution in [0.2, 0.25) is 0 Å². The number of carbonyl (C=O) groups excluding carboxylic acids is 1. The summed E-state index contributed by atoms with van der Waals surface area (Å²) in [4.78, 5) is 11.6. The van der Waals surface area contributed by atoms with Crippen molar-refractivity contribution in [2.45, 2.75) is 51.4 Å². The van der Waals surface area contributed by atoms with Crippen LogP contribution in [0.1, 0.15) is 51.4 Å². The highest BCUT2D eigenvalue weighted by Crippen LogP contribution is 2.46. The fourth-order valence-electron chi connectivity index (χ4n) is 2.75. The van der Waals surface area contributed by atoms with E-state index < -0.39 is 0 Å². The average Bonchev–Trinajstić information content (AvgIpc) is 2.36. The van der Waals surface area contributed by atoms with Gasteiger partial charge < -0.3 is 0 Å². The summed E-state index contributed by atoms with van der Waals surface area (Å²) < 4.78 is 0. The van der Waals surface area contributed by atoms with Gasteiger partial charge in [0, 0.05) is 11.8 Å². The van der Waals surface area contributed by atoms with Gasteiger partial charge in [-0.3, -0.25) is 4.79 Å². The third kappa shape index (κ3) is 3.01. The summed E-state index contributed by atoms with van der Waals surface area (Å²) in [5.74, 6) is 0.581. The van der Waals surface area contributed by atoms with E-state index in [-0.39, 0.29) is 42.6 Å². The molecular weight excluding hydrogens is 242 g/mol. The lowest BCUT2D eigenvalue weighted by Crippen LogP contribution is -2.28. The fraction of sp³-hybridized carbons (Fsp3) is 0.900. The highest BCUT2D eigenvalue weighted by Gasteiger charge is 2.41. The summed E-state index contributed by atoms with van der Waals surface area (Å²) >= 11 is 0. The van der Waals surface area contributed by atoms with Crippen molar-refractivity contribution >= 4 is 43.0 Å². The van der Waals surface area contributed by atoms with E-state index in [2.05, 4.69) is 0 Å². The zero-order valence-electron chi connectivity index (χ0n) is 8.29. The van der Waals surface area contributed by atoms with Gasteiger partial charge in [-0.25, -0.2) is 0 Å². The van der Waals surface area contributed by atoms with Crippen molar-refractivity contribution in [2.75, 3.05) is 0 Å². The van der Waals surface area contributed by atoms with Crippen LogP contribution in [-0.4, -0.2) is 5.78 Å². The molecule has 0 aromatic heterocycles. The van der Waals surface area contributed by atoms with E-state index in [1.165, 1.54) is 44.9 Å². The Morgan fingerprint density at radius 3 is 1.71 bits per heavy atom. The maximum absolute atomic E-state index is 11.6. The molecule has 1 nitrogen and oxygen atoms in total. The number of halogens is 3. The Bertz CT molecular complexity index is 176. The standard InChI is InChI=1S/C10H16O.3ClH/c11-9-5-4-8-10(9)6-2-1-3-7-10;;;/h1-8H2;3*1H. The molecule has 2 saturated carbocycles. The van der Waals surface area contributed by atoms with Crippen molar-refractivity contribution in [1.82, 2.24) is 0 Å². The van der Waals surface area contributed by atoms with Crippen molar-refractivity contribution in [1.29, 1.82) is 0 Å². The molecule has 4 heteroatoms. The van der Waals surface area contributed by atoms with E-state index in [9.17, 15) is 4.79 Å². The lowest BCUT2D eigenvalue weighted by molar-refractivity contribution is -0.127. The number of carbonyl (C=O) groups is 1. The van der Waals surface area contributed by atoms with Crippen molar-refractivity contribution in [3.05, 3.63) is 0 Å². The average molecular weight is 262 g/mol. The Morgan fingerprint density at radius 1 is 0.786 bits per heavy atom. The monoisotopic (exact) mass is 260 g/mol. The van der Waals surface area contributed by atoms with Crippen molar-refractivity contribution in [3.63, 3.8) is 0 Å². The molecular formula is C10H19Cl3O. The molecule has 0 atom stereocenters. The van der Waals surface area contributed by atoms with Gasteiger partial charge in [0.15, 0.2) is 0 Å². The minimum atomic E-state index is 0. The van der Waals surface area contributed by atoms with E-state index in [1.807, 2.05) is 0 Å². The molecule has 0 radical (unpaired) electrons. The lowest BCUT2D eigenvalue weighted by atomic mass is 9.72. The quantitative estimate of drug-likeness (QED) is 0.645. The summed E-state index contributed by atoms with van der Waals surface area (Å²) in [5, 5.41) is 0. The largest absolute Gasteiger partial charge is 0.299 e. The van der Waals surface area contributed by atoms with Crippen molar-refractivity contribution < 1.29 is 4.79 Å². The predicted molar refractivity (Wildman–Crippen MR) is 66.1 cm³/mol. The van der Waals surface area contributed by atoms with Gasteiger partial charge in [-0.1, -0.05) is 19.3 Å². The zero-order valence-corrected chi connectivity index (χ0v) is 10.7. The van der Waals surface area contributed by atoms with Crippen LogP contribution in [0.15, 0.2) is 0 Å². The van der Waals surface area contributed by atoms with Crippen molar-refractivity contribution in [2.24, 2.45) is 5.41 Å². The normalized spacial score (nSPS) is 23.3. The van der Waals surface area contributed by atoms with Crippen LogP contribution < -0.4 is 0 Å². The molecule has 1 spiro atoms. The molecule has 0 aromatic rings. The highest BCUT2D eigenvalue weighted by atomic mass is 35.5. The van der Waals surface area contributed by atoms with Gasteiger partial charge in [0.2, 0.25) is 0 Å². The number of hydrogen-bond acceptors (Lipinski definition) is 1. The molecule has 0 aromatic carbocycles. The van der Waals surface area contributed by atoms with E-state index in [1.54, 1.807) is 0 Å². The molecule has 0 N–H and O–H groups in total. The van der Waals surface area contributed by atoms with Gasteiger partial charge in [0.05, 0.1) is 0 Å². The molecule has 2 aliphatic rings. The minimum absolute atomic E-state index is 0. The summed E-state index contributed by atoms with van der Waals surface area (Å²) in [7, 11) is 0. The first-order valence-corrected chi connectivity index (χ1v) is 4.87. The fourth-order valence-corrected chi connectivity index (χ4v) is 2.75. The smallest absolute Gasteiger partial charge is 0.139 e. The molecule has 0 heterocycles. The predicted octanol–water partition coefficient (Wildman–Crippen LogP) is 3.96. The number of Topliss-reactive ketones (excluding diaryl/α,β-unsaturated/α-hetero) is 1. The van der Waals surface area contributed by atoms with Crippen LogP contribution in [-0.2, 0) is 4.79 Å². The van der Waals surface area contributed by atoms with Gasteiger partial charge in [-0.05, 0) is 25.7 Å². The van der Waals surface area contributed by atoms with Crippen LogP contribution >= 0.6 is 37.2 Å². The maximum atomic E-state index is 11.6. The highest BCUT2D eigenvalue weighted by molar-refractivity contribution is 5.86. The van der Waals surface area contributed by atoms with Crippen LogP contribution in [0, 0.1) is 5.41 Å². The molecule has 14 heavy (non-hydrogen) atoms. The Balaban J connectivity index is 0. The van der Waals surface area contributed by atoms with Crippen molar-refractivity contribution in [3.8, 4) is 0 Å². The molecule has 0 unspecified atom stereocenters. The molecule has 0 amide bonds. The third-order valence-electron chi connectivity index (χ3n) is 3.46. The van der Waals surface area contributed by atoms with Crippen LogP contribution in [0.4, 0.5) is 0 Å². The molecule has 2 rings (SSSR count). The SMILES string of the molecule is Cl.Cl.Cl.O=C1CCCC12CCCCC2. The van der Waals surface area contributed by atoms with Gasteiger partial charge in [0.25, 0.3) is 0 Å². The number of rotatable bonds is 0. The van der Waals surface area contributed by atoms with E-state index in [4.69, 9.17) is 0 Å². The first-order chi connectivity index (χ1) is 5.33.